The van der Waals surface area contributed by atoms with E-state index in [2.05, 4.69) is 15.9 Å². The van der Waals surface area contributed by atoms with Crippen molar-refractivity contribution in [1.82, 2.24) is 0 Å². The van der Waals surface area contributed by atoms with E-state index in [4.69, 9.17) is 4.74 Å². The molecule has 0 saturated heterocycles. The number of carbonyl (C=O) groups is 1. The molecule has 0 aliphatic heterocycles. The maximum atomic E-state index is 11.5. The quantitative estimate of drug-likeness (QED) is 0.762. The molecule has 70 valence electrons. The largest absolute Gasteiger partial charge is 0.496 e. The summed E-state index contributed by atoms with van der Waals surface area (Å²) in [6.45, 7) is 1.83. The molecule has 13 heavy (non-hydrogen) atoms. The third kappa shape index (κ3) is 2.10. The number of ketones is 1. The van der Waals surface area contributed by atoms with Crippen LogP contribution in [0.4, 0.5) is 0 Å². The molecule has 0 radical (unpaired) electrons. The average molecular weight is 243 g/mol. The highest BCUT2D eigenvalue weighted by molar-refractivity contribution is 9.10. The van der Waals surface area contributed by atoms with Gasteiger partial charge in [0.15, 0.2) is 5.78 Å². The molecule has 0 saturated carbocycles. The molecule has 0 bridgehead atoms. The van der Waals surface area contributed by atoms with Gasteiger partial charge in [0.2, 0.25) is 0 Å². The van der Waals surface area contributed by atoms with E-state index in [0.717, 1.165) is 4.47 Å². The van der Waals surface area contributed by atoms with Crippen molar-refractivity contribution in [1.29, 1.82) is 0 Å². The monoisotopic (exact) mass is 242 g/mol. The molecular formula is C10H11BrO2. The fourth-order valence-corrected chi connectivity index (χ4v) is 1.69. The smallest absolute Gasteiger partial charge is 0.167 e. The van der Waals surface area contributed by atoms with Crippen LogP contribution in [0.15, 0.2) is 22.7 Å². The molecule has 0 spiro atoms. The zero-order valence-electron chi connectivity index (χ0n) is 7.63. The summed E-state index contributed by atoms with van der Waals surface area (Å²) in [7, 11) is 1.56. The SMILES string of the molecule is CCC(=O)c1c(Br)cccc1OC. The van der Waals surface area contributed by atoms with Crippen LogP contribution in [-0.2, 0) is 0 Å². The molecule has 0 N–H and O–H groups in total. The average Bonchev–Trinajstić information content (AvgIpc) is 2.16. The fraction of sp³-hybridized carbons (Fsp3) is 0.300. The van der Waals surface area contributed by atoms with E-state index in [9.17, 15) is 4.79 Å². The summed E-state index contributed by atoms with van der Waals surface area (Å²) in [6, 6.07) is 5.47. The van der Waals surface area contributed by atoms with Gasteiger partial charge in [0.1, 0.15) is 5.75 Å². The highest BCUT2D eigenvalue weighted by Gasteiger charge is 2.13. The molecule has 1 aromatic carbocycles. The van der Waals surface area contributed by atoms with Crippen LogP contribution < -0.4 is 4.74 Å². The highest BCUT2D eigenvalue weighted by atomic mass is 79.9. The van der Waals surface area contributed by atoms with Crippen molar-refractivity contribution >= 4 is 21.7 Å². The Hall–Kier alpha value is -0.830. The summed E-state index contributed by atoms with van der Waals surface area (Å²) in [5, 5.41) is 0. The van der Waals surface area contributed by atoms with E-state index in [-0.39, 0.29) is 5.78 Å². The van der Waals surface area contributed by atoms with Gasteiger partial charge >= 0.3 is 0 Å². The van der Waals surface area contributed by atoms with Crippen molar-refractivity contribution in [3.63, 3.8) is 0 Å². The minimum atomic E-state index is 0.0873. The first kappa shape index (κ1) is 10.3. The van der Waals surface area contributed by atoms with Crippen LogP contribution >= 0.6 is 15.9 Å². The molecule has 1 aromatic rings. The Kier molecular flexibility index (Phi) is 3.48. The Morgan fingerprint density at radius 3 is 2.77 bits per heavy atom. The molecule has 0 unspecified atom stereocenters. The van der Waals surface area contributed by atoms with Gasteiger partial charge in [-0.2, -0.15) is 0 Å². The molecular weight excluding hydrogens is 232 g/mol. The number of hydrogen-bond acceptors (Lipinski definition) is 2. The predicted octanol–water partition coefficient (Wildman–Crippen LogP) is 3.05. The maximum absolute atomic E-state index is 11.5. The molecule has 0 aliphatic carbocycles. The Bertz CT molecular complexity index is 321. The van der Waals surface area contributed by atoms with Crippen LogP contribution in [0.2, 0.25) is 0 Å². The van der Waals surface area contributed by atoms with E-state index in [1.54, 1.807) is 13.2 Å². The molecule has 0 fully saturated rings. The van der Waals surface area contributed by atoms with Gasteiger partial charge in [-0.25, -0.2) is 0 Å². The number of rotatable bonds is 3. The van der Waals surface area contributed by atoms with Crippen molar-refractivity contribution in [2.75, 3.05) is 7.11 Å². The van der Waals surface area contributed by atoms with Gasteiger partial charge in [0.25, 0.3) is 0 Å². The second-order valence-corrected chi connectivity index (χ2v) is 3.45. The zero-order chi connectivity index (χ0) is 9.84. The van der Waals surface area contributed by atoms with Gasteiger partial charge in [0, 0.05) is 10.9 Å². The number of ether oxygens (including phenoxy) is 1. The maximum Gasteiger partial charge on any atom is 0.167 e. The van der Waals surface area contributed by atoms with Gasteiger partial charge in [-0.3, -0.25) is 4.79 Å². The Balaban J connectivity index is 3.22. The second-order valence-electron chi connectivity index (χ2n) is 2.59. The van der Waals surface area contributed by atoms with E-state index in [1.165, 1.54) is 0 Å². The number of halogens is 1. The van der Waals surface area contributed by atoms with Gasteiger partial charge in [-0.15, -0.1) is 0 Å². The summed E-state index contributed by atoms with van der Waals surface area (Å²) < 4.78 is 5.89. The molecule has 0 amide bonds. The van der Waals surface area contributed by atoms with Crippen LogP contribution in [0.1, 0.15) is 23.7 Å². The lowest BCUT2D eigenvalue weighted by Gasteiger charge is -2.07. The van der Waals surface area contributed by atoms with Crippen LogP contribution in [0, 0.1) is 0 Å². The number of hydrogen-bond donors (Lipinski definition) is 0. The van der Waals surface area contributed by atoms with Crippen LogP contribution in [0.5, 0.6) is 5.75 Å². The number of carbonyl (C=O) groups excluding carboxylic acids is 1. The van der Waals surface area contributed by atoms with Crippen molar-refractivity contribution in [3.8, 4) is 5.75 Å². The van der Waals surface area contributed by atoms with Gasteiger partial charge in [0.05, 0.1) is 12.7 Å². The van der Waals surface area contributed by atoms with Crippen LogP contribution in [0.3, 0.4) is 0 Å². The number of methoxy groups -OCH3 is 1. The third-order valence-corrected chi connectivity index (χ3v) is 2.46. The molecule has 0 aliphatic rings. The summed E-state index contributed by atoms with van der Waals surface area (Å²) >= 11 is 3.33. The van der Waals surface area contributed by atoms with Crippen LogP contribution in [-0.4, -0.2) is 12.9 Å². The van der Waals surface area contributed by atoms with E-state index < -0.39 is 0 Å². The zero-order valence-corrected chi connectivity index (χ0v) is 9.22. The molecule has 2 nitrogen and oxygen atoms in total. The fourth-order valence-electron chi connectivity index (χ4n) is 1.12. The normalized spacial score (nSPS) is 9.77. The lowest BCUT2D eigenvalue weighted by atomic mass is 10.1. The lowest BCUT2D eigenvalue weighted by Crippen LogP contribution is -2.01. The summed E-state index contributed by atoms with van der Waals surface area (Å²) in [5.74, 6) is 0.713. The van der Waals surface area contributed by atoms with Crippen molar-refractivity contribution < 1.29 is 9.53 Å². The van der Waals surface area contributed by atoms with E-state index >= 15 is 0 Å². The summed E-state index contributed by atoms with van der Waals surface area (Å²) in [5.41, 5.74) is 0.632. The standard InChI is InChI=1S/C10H11BrO2/c1-3-8(12)10-7(11)5-4-6-9(10)13-2/h4-6H,3H2,1-2H3. The molecule has 1 rings (SSSR count). The molecule has 0 heterocycles. The minimum Gasteiger partial charge on any atom is -0.496 e. The highest BCUT2D eigenvalue weighted by Crippen LogP contribution is 2.27. The first-order valence-corrected chi connectivity index (χ1v) is 4.85. The number of Topliss-reactive ketones (excluding diaryl/α,β-unsaturated/α-hetero) is 1. The lowest BCUT2D eigenvalue weighted by molar-refractivity contribution is 0.0984. The first-order valence-electron chi connectivity index (χ1n) is 4.06. The van der Waals surface area contributed by atoms with Crippen molar-refractivity contribution in [2.45, 2.75) is 13.3 Å². The Morgan fingerprint density at radius 1 is 1.54 bits per heavy atom. The van der Waals surface area contributed by atoms with Gasteiger partial charge < -0.3 is 4.74 Å². The second kappa shape index (κ2) is 4.42. The topological polar surface area (TPSA) is 26.3 Å². The Labute approximate surface area is 86.0 Å². The Morgan fingerprint density at radius 2 is 2.23 bits per heavy atom. The minimum absolute atomic E-state index is 0.0873. The van der Waals surface area contributed by atoms with Gasteiger partial charge in [-0.1, -0.05) is 13.0 Å². The first-order chi connectivity index (χ1) is 6.20. The predicted molar refractivity (Wildman–Crippen MR) is 55.3 cm³/mol. The summed E-state index contributed by atoms with van der Waals surface area (Å²) in [4.78, 5) is 11.5. The van der Waals surface area contributed by atoms with E-state index in [1.807, 2.05) is 19.1 Å². The van der Waals surface area contributed by atoms with Crippen LogP contribution in [0.25, 0.3) is 0 Å². The van der Waals surface area contributed by atoms with E-state index in [0.29, 0.717) is 17.7 Å². The number of benzene rings is 1. The molecule has 0 atom stereocenters. The molecule has 0 aromatic heterocycles. The summed E-state index contributed by atoms with van der Waals surface area (Å²) in [6.07, 6.45) is 0.485. The third-order valence-electron chi connectivity index (χ3n) is 1.80. The molecule has 3 heteroatoms. The van der Waals surface area contributed by atoms with Crippen molar-refractivity contribution in [3.05, 3.63) is 28.2 Å². The van der Waals surface area contributed by atoms with Gasteiger partial charge in [-0.05, 0) is 28.1 Å². The van der Waals surface area contributed by atoms with Crippen molar-refractivity contribution in [2.24, 2.45) is 0 Å².